The van der Waals surface area contributed by atoms with Crippen molar-refractivity contribution in [2.45, 2.75) is 18.8 Å². The van der Waals surface area contributed by atoms with Gasteiger partial charge in [0, 0.05) is 17.4 Å². The van der Waals surface area contributed by atoms with Gasteiger partial charge in [-0.1, -0.05) is 6.92 Å². The van der Waals surface area contributed by atoms with Crippen LogP contribution in [0.15, 0.2) is 0 Å². The van der Waals surface area contributed by atoms with Crippen LogP contribution in [0.3, 0.4) is 0 Å². The number of ether oxygens (including phenoxy) is 2. The SMILES string of the molecule is CC1CSCC12OCC(CCl)O2. The van der Waals surface area contributed by atoms with Gasteiger partial charge in [0.05, 0.1) is 18.6 Å². The fourth-order valence-corrected chi connectivity index (χ4v) is 3.24. The number of alkyl halides is 1. The van der Waals surface area contributed by atoms with Gasteiger partial charge in [0.2, 0.25) is 0 Å². The maximum absolute atomic E-state index is 5.80. The van der Waals surface area contributed by atoms with Gasteiger partial charge in [0.25, 0.3) is 0 Å². The molecule has 70 valence electrons. The summed E-state index contributed by atoms with van der Waals surface area (Å²) < 4.78 is 11.5. The summed E-state index contributed by atoms with van der Waals surface area (Å²) >= 11 is 7.60. The summed E-state index contributed by atoms with van der Waals surface area (Å²) in [7, 11) is 0. The Hall–Kier alpha value is 0.560. The standard InChI is InChI=1S/C8H13ClO2S/c1-6-4-12-5-8(6)10-3-7(2-9)11-8/h6-7H,2-5H2,1H3. The van der Waals surface area contributed by atoms with E-state index >= 15 is 0 Å². The lowest BCUT2D eigenvalue weighted by Gasteiger charge is -2.26. The quantitative estimate of drug-likeness (QED) is 0.612. The molecule has 2 aliphatic heterocycles. The maximum Gasteiger partial charge on any atom is 0.181 e. The topological polar surface area (TPSA) is 18.5 Å². The molecule has 0 bridgehead atoms. The van der Waals surface area contributed by atoms with E-state index in [9.17, 15) is 0 Å². The van der Waals surface area contributed by atoms with Crippen molar-refractivity contribution in [2.75, 3.05) is 24.0 Å². The molecule has 0 amide bonds. The second-order valence-corrected chi connectivity index (χ2v) is 4.77. The third kappa shape index (κ3) is 1.37. The van der Waals surface area contributed by atoms with Crippen LogP contribution >= 0.6 is 23.4 Å². The molecule has 0 aromatic rings. The second-order valence-electron chi connectivity index (χ2n) is 3.43. The lowest BCUT2D eigenvalue weighted by atomic mass is 10.1. The summed E-state index contributed by atoms with van der Waals surface area (Å²) in [5.41, 5.74) is 0. The third-order valence-corrected chi connectivity index (χ3v) is 4.16. The van der Waals surface area contributed by atoms with E-state index in [0.29, 0.717) is 18.4 Å². The highest BCUT2D eigenvalue weighted by molar-refractivity contribution is 7.99. The Bertz CT molecular complexity index is 178. The van der Waals surface area contributed by atoms with Crippen molar-refractivity contribution >= 4 is 23.4 Å². The molecule has 2 rings (SSSR count). The van der Waals surface area contributed by atoms with Crippen molar-refractivity contribution in [3.8, 4) is 0 Å². The predicted octanol–water partition coefficient (Wildman–Crippen LogP) is 1.72. The van der Waals surface area contributed by atoms with E-state index in [4.69, 9.17) is 21.1 Å². The average molecular weight is 209 g/mol. The minimum atomic E-state index is -0.301. The monoisotopic (exact) mass is 208 g/mol. The number of hydrogen-bond donors (Lipinski definition) is 0. The molecule has 0 aliphatic carbocycles. The van der Waals surface area contributed by atoms with Crippen molar-refractivity contribution in [2.24, 2.45) is 5.92 Å². The summed E-state index contributed by atoms with van der Waals surface area (Å²) in [6.07, 6.45) is 0.104. The van der Waals surface area contributed by atoms with Gasteiger partial charge in [-0.2, -0.15) is 11.8 Å². The van der Waals surface area contributed by atoms with E-state index in [2.05, 4.69) is 6.92 Å². The van der Waals surface area contributed by atoms with Crippen molar-refractivity contribution in [3.63, 3.8) is 0 Å². The van der Waals surface area contributed by atoms with Gasteiger partial charge < -0.3 is 9.47 Å². The van der Waals surface area contributed by atoms with Crippen LogP contribution in [-0.4, -0.2) is 35.9 Å². The van der Waals surface area contributed by atoms with E-state index < -0.39 is 0 Å². The molecule has 3 unspecified atom stereocenters. The van der Waals surface area contributed by atoms with Gasteiger partial charge in [-0.25, -0.2) is 0 Å². The summed E-state index contributed by atoms with van der Waals surface area (Å²) in [4.78, 5) is 0. The van der Waals surface area contributed by atoms with Gasteiger partial charge in [-0.05, 0) is 0 Å². The third-order valence-electron chi connectivity index (χ3n) is 2.47. The molecule has 3 atom stereocenters. The zero-order valence-electron chi connectivity index (χ0n) is 7.09. The molecule has 4 heteroatoms. The molecular formula is C8H13ClO2S. The number of thioether (sulfide) groups is 1. The highest BCUT2D eigenvalue weighted by atomic mass is 35.5. The molecule has 0 N–H and O–H groups in total. The first kappa shape index (κ1) is 9.13. The van der Waals surface area contributed by atoms with Crippen molar-refractivity contribution in [1.29, 1.82) is 0 Å². The summed E-state index contributed by atoms with van der Waals surface area (Å²) in [5, 5.41) is 0. The van der Waals surface area contributed by atoms with E-state index in [-0.39, 0.29) is 11.9 Å². The summed E-state index contributed by atoms with van der Waals surface area (Å²) in [6, 6.07) is 0. The van der Waals surface area contributed by atoms with Crippen LogP contribution in [-0.2, 0) is 9.47 Å². The van der Waals surface area contributed by atoms with E-state index in [1.165, 1.54) is 0 Å². The molecule has 2 fully saturated rings. The van der Waals surface area contributed by atoms with Gasteiger partial charge in [0.1, 0.15) is 0 Å². The van der Waals surface area contributed by atoms with Crippen LogP contribution in [0.1, 0.15) is 6.92 Å². The van der Waals surface area contributed by atoms with Crippen molar-refractivity contribution in [1.82, 2.24) is 0 Å². The molecule has 2 saturated heterocycles. The van der Waals surface area contributed by atoms with Crippen LogP contribution in [0.2, 0.25) is 0 Å². The number of rotatable bonds is 1. The number of hydrogen-bond acceptors (Lipinski definition) is 3. The van der Waals surface area contributed by atoms with Crippen LogP contribution in [0.25, 0.3) is 0 Å². The van der Waals surface area contributed by atoms with E-state index in [1.807, 2.05) is 11.8 Å². The minimum absolute atomic E-state index is 0.104. The molecule has 0 aromatic carbocycles. The minimum Gasteiger partial charge on any atom is -0.346 e. The Morgan fingerprint density at radius 2 is 2.50 bits per heavy atom. The molecular weight excluding hydrogens is 196 g/mol. The lowest BCUT2D eigenvalue weighted by Crippen LogP contribution is -2.37. The Morgan fingerprint density at radius 1 is 1.67 bits per heavy atom. The smallest absolute Gasteiger partial charge is 0.181 e. The lowest BCUT2D eigenvalue weighted by molar-refractivity contribution is -0.171. The normalized spacial score (nSPS) is 47.5. The first-order valence-corrected chi connectivity index (χ1v) is 5.91. The van der Waals surface area contributed by atoms with Crippen molar-refractivity contribution < 1.29 is 9.47 Å². The van der Waals surface area contributed by atoms with Crippen LogP contribution in [0.5, 0.6) is 0 Å². The van der Waals surface area contributed by atoms with E-state index in [1.54, 1.807) is 0 Å². The fourth-order valence-electron chi connectivity index (χ4n) is 1.64. The molecule has 12 heavy (non-hydrogen) atoms. The Morgan fingerprint density at radius 3 is 3.00 bits per heavy atom. The molecule has 1 spiro atoms. The number of halogens is 1. The molecule has 0 saturated carbocycles. The summed E-state index contributed by atoms with van der Waals surface area (Å²) in [6.45, 7) is 2.84. The Balaban J connectivity index is 2.04. The largest absolute Gasteiger partial charge is 0.346 e. The molecule has 0 aromatic heterocycles. The van der Waals surface area contributed by atoms with Gasteiger partial charge in [0.15, 0.2) is 5.79 Å². The van der Waals surface area contributed by atoms with Gasteiger partial charge in [-0.3, -0.25) is 0 Å². The highest BCUT2D eigenvalue weighted by Crippen LogP contribution is 2.41. The molecule has 0 radical (unpaired) electrons. The Labute approximate surface area is 81.9 Å². The molecule has 2 heterocycles. The van der Waals surface area contributed by atoms with Gasteiger partial charge >= 0.3 is 0 Å². The first-order valence-electron chi connectivity index (χ1n) is 4.22. The molecule has 2 aliphatic rings. The molecule has 2 nitrogen and oxygen atoms in total. The van der Waals surface area contributed by atoms with E-state index in [0.717, 1.165) is 11.5 Å². The summed E-state index contributed by atoms with van der Waals surface area (Å²) in [5.74, 6) is 2.83. The highest BCUT2D eigenvalue weighted by Gasteiger charge is 2.48. The fraction of sp³-hybridized carbons (Fsp3) is 1.00. The van der Waals surface area contributed by atoms with Gasteiger partial charge in [-0.15, -0.1) is 11.6 Å². The van der Waals surface area contributed by atoms with Crippen LogP contribution < -0.4 is 0 Å². The van der Waals surface area contributed by atoms with Crippen LogP contribution in [0, 0.1) is 5.92 Å². The average Bonchev–Trinajstić information content (AvgIpc) is 2.63. The van der Waals surface area contributed by atoms with Crippen molar-refractivity contribution in [3.05, 3.63) is 0 Å². The van der Waals surface area contributed by atoms with Crippen LogP contribution in [0.4, 0.5) is 0 Å². The zero-order chi connectivity index (χ0) is 8.60. The predicted molar refractivity (Wildman–Crippen MR) is 50.8 cm³/mol. The second kappa shape index (κ2) is 3.37. The zero-order valence-corrected chi connectivity index (χ0v) is 8.66. The maximum atomic E-state index is 5.80. The Kier molecular flexibility index (Phi) is 2.56. The first-order chi connectivity index (χ1) is 5.77.